The van der Waals surface area contributed by atoms with Gasteiger partial charge in [-0.3, -0.25) is 0 Å². The average molecular weight is 313 g/mol. The minimum atomic E-state index is -0.468. The van der Waals surface area contributed by atoms with Gasteiger partial charge in [0.05, 0.1) is 0 Å². The number of aliphatic hydroxyl groups is 1. The van der Waals surface area contributed by atoms with E-state index in [0.29, 0.717) is 19.2 Å². The van der Waals surface area contributed by atoms with Gasteiger partial charge in [0.1, 0.15) is 18.5 Å². The van der Waals surface area contributed by atoms with E-state index in [2.05, 4.69) is 23.5 Å². The molecular weight excluding hydrogens is 286 g/mol. The monoisotopic (exact) mass is 313 g/mol. The van der Waals surface area contributed by atoms with Crippen molar-refractivity contribution in [3.8, 4) is 5.75 Å². The van der Waals surface area contributed by atoms with Crippen LogP contribution in [0, 0.1) is 0 Å². The summed E-state index contributed by atoms with van der Waals surface area (Å²) in [6.45, 7) is 0.941. The van der Waals surface area contributed by atoms with Crippen molar-refractivity contribution in [3.05, 3.63) is 42.5 Å². The Morgan fingerprint density at radius 2 is 1.74 bits per heavy atom. The highest BCUT2D eigenvalue weighted by atomic mass is 16.5. The Labute approximate surface area is 138 Å². The van der Waals surface area contributed by atoms with Crippen LogP contribution >= 0.6 is 0 Å². The predicted molar refractivity (Wildman–Crippen MR) is 94.9 cm³/mol. The summed E-state index contributed by atoms with van der Waals surface area (Å²) in [4.78, 5) is 0. The number of nitrogens with one attached hydrogen (secondary N) is 1. The second kappa shape index (κ2) is 8.32. The van der Waals surface area contributed by atoms with Crippen molar-refractivity contribution in [2.45, 2.75) is 50.7 Å². The van der Waals surface area contributed by atoms with E-state index < -0.39 is 6.10 Å². The second-order valence-electron chi connectivity index (χ2n) is 6.57. The maximum atomic E-state index is 10.1. The van der Waals surface area contributed by atoms with E-state index >= 15 is 0 Å². The molecule has 2 N–H and O–H groups in total. The van der Waals surface area contributed by atoms with Crippen molar-refractivity contribution in [3.63, 3.8) is 0 Å². The first-order chi connectivity index (χ1) is 11.3. The van der Waals surface area contributed by atoms with Gasteiger partial charge in [0.2, 0.25) is 0 Å². The second-order valence-corrected chi connectivity index (χ2v) is 6.57. The van der Waals surface area contributed by atoms with E-state index in [4.69, 9.17) is 4.74 Å². The summed E-state index contributed by atoms with van der Waals surface area (Å²) in [7, 11) is 0. The van der Waals surface area contributed by atoms with Crippen LogP contribution in [0.15, 0.2) is 42.5 Å². The van der Waals surface area contributed by atoms with Crippen LogP contribution in [0.3, 0.4) is 0 Å². The molecule has 0 saturated heterocycles. The third kappa shape index (κ3) is 4.95. The highest BCUT2D eigenvalue weighted by Gasteiger charge is 2.13. The molecule has 3 heteroatoms. The van der Waals surface area contributed by atoms with Crippen LogP contribution in [0.1, 0.15) is 38.5 Å². The number of benzene rings is 2. The Balaban J connectivity index is 1.44. The van der Waals surface area contributed by atoms with Crippen molar-refractivity contribution in [1.29, 1.82) is 0 Å². The van der Waals surface area contributed by atoms with Crippen molar-refractivity contribution >= 4 is 10.8 Å². The zero-order valence-corrected chi connectivity index (χ0v) is 13.7. The maximum absolute atomic E-state index is 10.1. The fourth-order valence-electron chi connectivity index (χ4n) is 3.29. The van der Waals surface area contributed by atoms with E-state index in [1.54, 1.807) is 0 Å². The van der Waals surface area contributed by atoms with E-state index in [0.717, 1.165) is 11.1 Å². The minimum Gasteiger partial charge on any atom is -0.491 e. The lowest BCUT2D eigenvalue weighted by atomic mass is 10.1. The van der Waals surface area contributed by atoms with E-state index in [1.807, 2.05) is 24.3 Å². The molecule has 1 aliphatic carbocycles. The van der Waals surface area contributed by atoms with Crippen molar-refractivity contribution in [2.75, 3.05) is 13.2 Å². The third-order valence-corrected chi connectivity index (χ3v) is 4.66. The smallest absolute Gasteiger partial charge is 0.120 e. The average Bonchev–Trinajstić information content (AvgIpc) is 2.87. The molecule has 0 spiro atoms. The zero-order valence-electron chi connectivity index (χ0n) is 13.7. The van der Waals surface area contributed by atoms with Crippen LogP contribution in [0.5, 0.6) is 5.75 Å². The Hall–Kier alpha value is -1.58. The van der Waals surface area contributed by atoms with Gasteiger partial charge in [-0.15, -0.1) is 0 Å². The van der Waals surface area contributed by atoms with E-state index in [1.165, 1.54) is 43.9 Å². The summed E-state index contributed by atoms with van der Waals surface area (Å²) < 4.78 is 5.75. The lowest BCUT2D eigenvalue weighted by molar-refractivity contribution is 0.103. The fraction of sp³-hybridized carbons (Fsp3) is 0.500. The molecule has 3 rings (SSSR count). The molecule has 1 saturated carbocycles. The summed E-state index contributed by atoms with van der Waals surface area (Å²) in [5, 5.41) is 16.0. The molecule has 23 heavy (non-hydrogen) atoms. The van der Waals surface area contributed by atoms with E-state index in [9.17, 15) is 5.11 Å². The fourth-order valence-corrected chi connectivity index (χ4v) is 3.29. The number of ether oxygens (including phenoxy) is 1. The van der Waals surface area contributed by atoms with Crippen molar-refractivity contribution < 1.29 is 9.84 Å². The first-order valence-corrected chi connectivity index (χ1v) is 8.84. The lowest BCUT2D eigenvalue weighted by Gasteiger charge is -2.19. The van der Waals surface area contributed by atoms with Gasteiger partial charge in [0, 0.05) is 12.6 Å². The summed E-state index contributed by atoms with van der Waals surface area (Å²) in [5.74, 6) is 0.817. The molecule has 1 fully saturated rings. The van der Waals surface area contributed by atoms with Gasteiger partial charge in [0.25, 0.3) is 0 Å². The molecular formula is C20H27NO2. The van der Waals surface area contributed by atoms with Gasteiger partial charge >= 0.3 is 0 Å². The Kier molecular flexibility index (Phi) is 5.89. The topological polar surface area (TPSA) is 41.5 Å². The number of hydrogen-bond donors (Lipinski definition) is 2. The van der Waals surface area contributed by atoms with Gasteiger partial charge in [0.15, 0.2) is 0 Å². The standard InChI is InChI=1S/C20H27NO2/c22-19(14-21-18-9-3-1-2-4-10-18)15-23-20-12-11-16-7-5-6-8-17(16)13-20/h5-8,11-13,18-19,21-22H,1-4,9-10,14-15H2/t19-/m1/s1. The highest BCUT2D eigenvalue weighted by molar-refractivity contribution is 5.83. The van der Waals surface area contributed by atoms with Crippen molar-refractivity contribution in [1.82, 2.24) is 5.32 Å². The first-order valence-electron chi connectivity index (χ1n) is 8.84. The van der Waals surface area contributed by atoms with E-state index in [-0.39, 0.29) is 0 Å². The van der Waals surface area contributed by atoms with Crippen LogP contribution in [0.4, 0.5) is 0 Å². The van der Waals surface area contributed by atoms with Crippen molar-refractivity contribution in [2.24, 2.45) is 0 Å². The number of aliphatic hydroxyl groups excluding tert-OH is 1. The van der Waals surface area contributed by atoms with Crippen LogP contribution in [-0.2, 0) is 0 Å². The Bertz CT molecular complexity index is 605. The summed E-state index contributed by atoms with van der Waals surface area (Å²) in [6, 6.07) is 14.8. The maximum Gasteiger partial charge on any atom is 0.120 e. The molecule has 124 valence electrons. The predicted octanol–water partition coefficient (Wildman–Crippen LogP) is 3.89. The first kappa shape index (κ1) is 16.3. The summed E-state index contributed by atoms with van der Waals surface area (Å²) in [6.07, 6.45) is 7.32. The molecule has 0 radical (unpaired) electrons. The molecule has 2 aromatic rings. The lowest BCUT2D eigenvalue weighted by Crippen LogP contribution is -2.37. The van der Waals surface area contributed by atoms with Gasteiger partial charge in [-0.2, -0.15) is 0 Å². The molecule has 2 aromatic carbocycles. The van der Waals surface area contributed by atoms with Crippen LogP contribution in [0.2, 0.25) is 0 Å². The molecule has 0 heterocycles. The molecule has 1 aliphatic rings. The summed E-state index contributed by atoms with van der Waals surface area (Å²) >= 11 is 0. The van der Waals surface area contributed by atoms with Gasteiger partial charge in [-0.05, 0) is 35.7 Å². The minimum absolute atomic E-state index is 0.331. The molecule has 1 atom stereocenters. The molecule has 3 nitrogen and oxygen atoms in total. The van der Waals surface area contributed by atoms with Crippen LogP contribution < -0.4 is 10.1 Å². The van der Waals surface area contributed by atoms with Crippen LogP contribution in [-0.4, -0.2) is 30.4 Å². The largest absolute Gasteiger partial charge is 0.491 e. The van der Waals surface area contributed by atoms with Gasteiger partial charge < -0.3 is 15.2 Å². The Morgan fingerprint density at radius 1 is 1.00 bits per heavy atom. The Morgan fingerprint density at radius 3 is 2.52 bits per heavy atom. The third-order valence-electron chi connectivity index (χ3n) is 4.66. The molecule has 0 amide bonds. The molecule has 0 aromatic heterocycles. The molecule has 0 aliphatic heterocycles. The quantitative estimate of drug-likeness (QED) is 0.795. The van der Waals surface area contributed by atoms with Gasteiger partial charge in [-0.1, -0.05) is 56.0 Å². The number of fused-ring (bicyclic) bond motifs is 1. The molecule has 0 bridgehead atoms. The SMILES string of the molecule is O[C@H](CNC1CCCCCC1)COc1ccc2ccccc2c1. The molecule has 0 unspecified atom stereocenters. The number of hydrogen-bond acceptors (Lipinski definition) is 3. The highest BCUT2D eigenvalue weighted by Crippen LogP contribution is 2.21. The summed E-state index contributed by atoms with van der Waals surface area (Å²) in [5.41, 5.74) is 0. The zero-order chi connectivity index (χ0) is 15.9. The van der Waals surface area contributed by atoms with Gasteiger partial charge in [-0.25, -0.2) is 0 Å². The number of rotatable bonds is 6. The van der Waals surface area contributed by atoms with Crippen LogP contribution in [0.25, 0.3) is 10.8 Å². The normalized spacial score (nSPS) is 17.8.